The summed E-state index contributed by atoms with van der Waals surface area (Å²) in [5.74, 6) is -2.12. The van der Waals surface area contributed by atoms with Crippen LogP contribution in [0.4, 0.5) is 4.39 Å². The Balaban J connectivity index is 1.98. The topological polar surface area (TPSA) is 80.9 Å². The third-order valence-corrected chi connectivity index (χ3v) is 4.55. The van der Waals surface area contributed by atoms with Crippen LogP contribution < -0.4 is 4.74 Å². The summed E-state index contributed by atoms with van der Waals surface area (Å²) in [6, 6.07) is 9.47. The Morgan fingerprint density at radius 2 is 1.96 bits per heavy atom. The standard InChI is InChI=1S/C21H21FN2O4/c1-3-28-18-9-6-10-24-20(13(2)23-21(18)24)17(25)11-14(12-19(26)27)15-7-4-5-8-16(15)22/h4-10,14H,3,11-12H2,1-2H3,(H,26,27)/t14-/m0/s1. The van der Waals surface area contributed by atoms with Crippen LogP contribution in [0.2, 0.25) is 0 Å². The van der Waals surface area contributed by atoms with Gasteiger partial charge in [-0.3, -0.25) is 14.0 Å². The van der Waals surface area contributed by atoms with Crippen molar-refractivity contribution in [3.8, 4) is 5.75 Å². The quantitative estimate of drug-likeness (QED) is 0.594. The average Bonchev–Trinajstić information content (AvgIpc) is 2.98. The molecule has 0 spiro atoms. The number of imidazole rings is 1. The van der Waals surface area contributed by atoms with Crippen LogP contribution in [0.5, 0.6) is 5.75 Å². The largest absolute Gasteiger partial charge is 0.490 e. The highest BCUT2D eigenvalue weighted by Gasteiger charge is 2.26. The first-order valence-corrected chi connectivity index (χ1v) is 9.02. The van der Waals surface area contributed by atoms with E-state index in [1.54, 1.807) is 35.7 Å². The third kappa shape index (κ3) is 3.88. The monoisotopic (exact) mass is 384 g/mol. The van der Waals surface area contributed by atoms with Gasteiger partial charge in [0.05, 0.1) is 18.7 Å². The van der Waals surface area contributed by atoms with E-state index in [2.05, 4.69) is 4.98 Å². The molecule has 2 heterocycles. The van der Waals surface area contributed by atoms with Crippen molar-refractivity contribution in [3.05, 3.63) is 65.4 Å². The number of ketones is 1. The van der Waals surface area contributed by atoms with E-state index in [4.69, 9.17) is 4.74 Å². The average molecular weight is 384 g/mol. The molecular weight excluding hydrogens is 363 g/mol. The second-order valence-corrected chi connectivity index (χ2v) is 6.49. The summed E-state index contributed by atoms with van der Waals surface area (Å²) >= 11 is 0. The number of hydrogen-bond donors (Lipinski definition) is 1. The normalized spacial score (nSPS) is 12.1. The molecule has 0 unspecified atom stereocenters. The molecule has 0 fully saturated rings. The number of ether oxygens (including phenoxy) is 1. The number of carbonyl (C=O) groups is 2. The van der Waals surface area contributed by atoms with Gasteiger partial charge in [-0.25, -0.2) is 9.37 Å². The summed E-state index contributed by atoms with van der Waals surface area (Å²) in [4.78, 5) is 28.8. The highest BCUT2D eigenvalue weighted by molar-refractivity contribution is 5.97. The summed E-state index contributed by atoms with van der Waals surface area (Å²) in [6.07, 6.45) is 1.23. The number of aryl methyl sites for hydroxylation is 1. The van der Waals surface area contributed by atoms with Crippen LogP contribution in [0.15, 0.2) is 42.6 Å². The number of rotatable bonds is 8. The predicted molar refractivity (Wildman–Crippen MR) is 101 cm³/mol. The molecule has 0 aliphatic heterocycles. The second-order valence-electron chi connectivity index (χ2n) is 6.49. The fraction of sp³-hybridized carbons (Fsp3) is 0.286. The van der Waals surface area contributed by atoms with E-state index < -0.39 is 17.7 Å². The van der Waals surface area contributed by atoms with Gasteiger partial charge in [0.25, 0.3) is 0 Å². The lowest BCUT2D eigenvalue weighted by molar-refractivity contribution is -0.137. The van der Waals surface area contributed by atoms with Crippen LogP contribution in [0, 0.1) is 12.7 Å². The molecule has 6 nitrogen and oxygen atoms in total. The number of carboxylic acid groups (broad SMARTS) is 1. The van der Waals surface area contributed by atoms with Crippen molar-refractivity contribution in [1.29, 1.82) is 0 Å². The van der Waals surface area contributed by atoms with E-state index >= 15 is 0 Å². The Morgan fingerprint density at radius 1 is 1.21 bits per heavy atom. The molecule has 0 aliphatic rings. The molecule has 0 saturated carbocycles. The van der Waals surface area contributed by atoms with Gasteiger partial charge in [0, 0.05) is 18.5 Å². The van der Waals surface area contributed by atoms with Gasteiger partial charge in [0.15, 0.2) is 17.2 Å². The molecule has 0 saturated heterocycles. The third-order valence-electron chi connectivity index (χ3n) is 4.55. The molecule has 0 radical (unpaired) electrons. The predicted octanol–water partition coefficient (Wildman–Crippen LogP) is 4.01. The van der Waals surface area contributed by atoms with E-state index in [9.17, 15) is 19.1 Å². The molecule has 1 aromatic carbocycles. The molecule has 0 aliphatic carbocycles. The molecule has 146 valence electrons. The minimum absolute atomic E-state index is 0.138. The van der Waals surface area contributed by atoms with Gasteiger partial charge in [0.1, 0.15) is 11.5 Å². The van der Waals surface area contributed by atoms with Gasteiger partial charge in [-0.1, -0.05) is 18.2 Å². The van der Waals surface area contributed by atoms with Crippen molar-refractivity contribution >= 4 is 17.4 Å². The van der Waals surface area contributed by atoms with Crippen LogP contribution in [-0.4, -0.2) is 32.9 Å². The first-order chi connectivity index (χ1) is 13.4. The van der Waals surface area contributed by atoms with Gasteiger partial charge in [-0.05, 0) is 37.6 Å². The van der Waals surface area contributed by atoms with Gasteiger partial charge >= 0.3 is 5.97 Å². The Morgan fingerprint density at radius 3 is 2.64 bits per heavy atom. The fourth-order valence-electron chi connectivity index (χ4n) is 3.39. The van der Waals surface area contributed by atoms with Crippen molar-refractivity contribution < 1.29 is 23.8 Å². The van der Waals surface area contributed by atoms with Crippen LogP contribution in [-0.2, 0) is 4.79 Å². The number of nitrogens with zero attached hydrogens (tertiary/aromatic N) is 2. The van der Waals surface area contributed by atoms with Gasteiger partial charge < -0.3 is 9.84 Å². The lowest BCUT2D eigenvalue weighted by atomic mass is 9.89. The molecule has 7 heteroatoms. The molecule has 2 aromatic heterocycles. The Kier molecular flexibility index (Phi) is 5.73. The maximum atomic E-state index is 14.2. The van der Waals surface area contributed by atoms with Crippen molar-refractivity contribution in [1.82, 2.24) is 9.38 Å². The first-order valence-electron chi connectivity index (χ1n) is 9.02. The Labute approximate surface area is 161 Å². The molecular formula is C21H21FN2O4. The van der Waals surface area contributed by atoms with E-state index in [1.807, 2.05) is 6.92 Å². The van der Waals surface area contributed by atoms with Crippen molar-refractivity contribution in [2.45, 2.75) is 32.6 Å². The number of hydrogen-bond acceptors (Lipinski definition) is 4. The minimum Gasteiger partial charge on any atom is -0.490 e. The number of fused-ring (bicyclic) bond motifs is 1. The van der Waals surface area contributed by atoms with Crippen LogP contribution in [0.25, 0.3) is 5.65 Å². The zero-order valence-corrected chi connectivity index (χ0v) is 15.7. The van der Waals surface area contributed by atoms with Gasteiger partial charge in [0.2, 0.25) is 0 Å². The smallest absolute Gasteiger partial charge is 0.303 e. The number of Topliss-reactive ketones (excluding diaryl/α,β-unsaturated/α-hetero) is 1. The molecule has 3 rings (SSSR count). The lowest BCUT2D eigenvalue weighted by Gasteiger charge is -2.15. The maximum Gasteiger partial charge on any atom is 0.303 e. The van der Waals surface area contributed by atoms with E-state index in [1.165, 1.54) is 18.2 Å². The molecule has 1 N–H and O–H groups in total. The maximum absolute atomic E-state index is 14.2. The number of carbonyl (C=O) groups excluding carboxylic acids is 1. The van der Waals surface area contributed by atoms with Gasteiger partial charge in [-0.2, -0.15) is 0 Å². The lowest BCUT2D eigenvalue weighted by Crippen LogP contribution is -2.15. The fourth-order valence-corrected chi connectivity index (χ4v) is 3.39. The van der Waals surface area contributed by atoms with Crippen LogP contribution >= 0.6 is 0 Å². The highest BCUT2D eigenvalue weighted by Crippen LogP contribution is 2.29. The summed E-state index contributed by atoms with van der Waals surface area (Å²) in [5, 5.41) is 9.23. The Hall–Kier alpha value is -3.22. The summed E-state index contributed by atoms with van der Waals surface area (Å²) in [6.45, 7) is 4.03. The Bertz CT molecular complexity index is 1030. The van der Waals surface area contributed by atoms with Crippen molar-refractivity contribution in [2.24, 2.45) is 0 Å². The summed E-state index contributed by atoms with van der Waals surface area (Å²) < 4.78 is 21.4. The molecule has 0 bridgehead atoms. The number of aromatic nitrogens is 2. The summed E-state index contributed by atoms with van der Waals surface area (Å²) in [7, 11) is 0. The number of halogens is 1. The van der Waals surface area contributed by atoms with E-state index in [0.717, 1.165) is 0 Å². The minimum atomic E-state index is -1.09. The number of pyridine rings is 1. The number of carboxylic acids is 1. The van der Waals surface area contributed by atoms with Crippen molar-refractivity contribution in [3.63, 3.8) is 0 Å². The van der Waals surface area contributed by atoms with E-state index in [0.29, 0.717) is 29.4 Å². The zero-order valence-electron chi connectivity index (χ0n) is 15.7. The summed E-state index contributed by atoms with van der Waals surface area (Å²) in [5.41, 5.74) is 1.61. The molecule has 1 atom stereocenters. The number of benzene rings is 1. The van der Waals surface area contributed by atoms with Crippen molar-refractivity contribution in [2.75, 3.05) is 6.61 Å². The van der Waals surface area contributed by atoms with E-state index in [-0.39, 0.29) is 24.2 Å². The first kappa shape index (κ1) is 19.5. The molecule has 28 heavy (non-hydrogen) atoms. The van der Waals surface area contributed by atoms with Crippen LogP contribution in [0.1, 0.15) is 47.4 Å². The number of aliphatic carboxylic acids is 1. The van der Waals surface area contributed by atoms with Crippen LogP contribution in [0.3, 0.4) is 0 Å². The highest BCUT2D eigenvalue weighted by atomic mass is 19.1. The second kappa shape index (κ2) is 8.21. The van der Waals surface area contributed by atoms with Gasteiger partial charge in [-0.15, -0.1) is 0 Å². The molecule has 3 aromatic rings. The molecule has 0 amide bonds. The SMILES string of the molecule is CCOc1cccn2c(C(=O)C[C@@H](CC(=O)O)c3ccccc3F)c(C)nc12. The zero-order chi connectivity index (χ0) is 20.3.